The number of aromatic nitrogens is 4. The van der Waals surface area contributed by atoms with Gasteiger partial charge in [-0.05, 0) is 131 Å². The Kier molecular flexibility index (Phi) is 13.4. The fraction of sp³-hybridized carbons (Fsp3) is 0.275. The molecule has 0 aliphatic heterocycles. The lowest BCUT2D eigenvalue weighted by Gasteiger charge is -2.20. The second kappa shape index (κ2) is 17.8. The lowest BCUT2D eigenvalue weighted by atomic mass is 10.0. The summed E-state index contributed by atoms with van der Waals surface area (Å²) < 4.78 is 17.1. The average Bonchev–Trinajstić information content (AvgIpc) is 3.68. The molecule has 13 nitrogen and oxygen atoms in total. The lowest BCUT2D eigenvalue weighted by Crippen LogP contribution is -2.27. The summed E-state index contributed by atoms with van der Waals surface area (Å²) in [5.74, 6) is 1.76. The second-order valence-corrected chi connectivity index (χ2v) is 14.3. The summed E-state index contributed by atoms with van der Waals surface area (Å²) in [7, 11) is 1.35. The van der Waals surface area contributed by atoms with Crippen LogP contribution in [0.15, 0.2) is 77.3 Å². The first-order chi connectivity index (χ1) is 25.4. The summed E-state index contributed by atoms with van der Waals surface area (Å²) in [6.07, 6.45) is 2.01. The maximum Gasteiger partial charge on any atom is 0.412 e. The van der Waals surface area contributed by atoms with E-state index in [1.54, 1.807) is 28.9 Å². The lowest BCUT2D eigenvalue weighted by molar-refractivity contribution is 0.0598. The Hall–Kier alpha value is -5.89. The number of esters is 1. The maximum atomic E-state index is 11.6. The van der Waals surface area contributed by atoms with E-state index in [1.165, 1.54) is 7.11 Å². The molecule has 6 aromatic rings. The smallest absolute Gasteiger partial charge is 0.412 e. The summed E-state index contributed by atoms with van der Waals surface area (Å²) in [5.41, 5.74) is 26.5. The van der Waals surface area contributed by atoms with Gasteiger partial charge in [0.15, 0.2) is 11.4 Å². The minimum Gasteiger partial charge on any atom is -0.465 e. The van der Waals surface area contributed by atoms with Crippen LogP contribution in [-0.2, 0) is 21.2 Å². The number of fused-ring (bicyclic) bond motifs is 1. The van der Waals surface area contributed by atoms with E-state index in [0.717, 1.165) is 55.8 Å². The van der Waals surface area contributed by atoms with Crippen LogP contribution < -0.4 is 22.5 Å². The fourth-order valence-corrected chi connectivity index (χ4v) is 5.80. The molecule has 0 fully saturated rings. The average molecular weight is 800 g/mol. The number of hydrogen-bond donors (Lipinski definition) is 4. The van der Waals surface area contributed by atoms with Crippen LogP contribution in [0.25, 0.3) is 17.2 Å². The molecule has 0 saturated carbocycles. The topological polar surface area (TPSA) is 199 Å². The molecule has 54 heavy (non-hydrogen) atoms. The number of aryl methyl sites for hydroxylation is 4. The number of halogens is 1. The summed E-state index contributed by atoms with van der Waals surface area (Å²) in [5, 5.41) is 7.92. The molecule has 0 atom stereocenters. The number of alkyl halides is 1. The highest BCUT2D eigenvalue weighted by atomic mass is 79.9. The van der Waals surface area contributed by atoms with Crippen LogP contribution in [0.4, 0.5) is 27.8 Å². The first kappa shape index (κ1) is 40.9. The van der Waals surface area contributed by atoms with E-state index in [-0.39, 0.29) is 11.9 Å². The Labute approximate surface area is 323 Å². The van der Waals surface area contributed by atoms with Crippen molar-refractivity contribution in [2.45, 2.75) is 65.8 Å². The molecule has 3 aromatic carbocycles. The Morgan fingerprint density at radius 2 is 1.50 bits per heavy atom. The van der Waals surface area contributed by atoms with Crippen molar-refractivity contribution in [2.75, 3.05) is 29.6 Å². The van der Waals surface area contributed by atoms with E-state index in [2.05, 4.69) is 53.2 Å². The van der Waals surface area contributed by atoms with E-state index >= 15 is 0 Å². The molecule has 1 amide bonds. The number of methoxy groups -OCH3 is 1. The highest BCUT2D eigenvalue weighted by Gasteiger charge is 2.17. The maximum absolute atomic E-state index is 11.6. The number of furan rings is 1. The standard InChI is InChI=1S/C18H18N6O.C13H18BrNO2.C9H11NO2/c1-10-5-12(8-14(19)6-10)7-13-9-21-24-16(13)22-18(20)23-17(24)15-4-3-11(2)25-15;1-9-5-10(8-14)7-11(6-9)15-12(16)17-13(2,3)4;1-6-3-7(9(11)12-2)5-8(10)4-6/h3-6,8-9H,7,19H2,1-2H3,(H2,20,22);5-7H,8H2,1-4H3,(H,15,16);3-5H,10H2,1-2H3. The number of anilines is 4. The summed E-state index contributed by atoms with van der Waals surface area (Å²) in [6, 6.07) is 20.7. The summed E-state index contributed by atoms with van der Waals surface area (Å²) in [6.45, 7) is 13.3. The van der Waals surface area contributed by atoms with Crippen LogP contribution in [0.3, 0.4) is 0 Å². The van der Waals surface area contributed by atoms with Gasteiger partial charge in [0.2, 0.25) is 11.8 Å². The Morgan fingerprint density at radius 3 is 2.09 bits per heavy atom. The zero-order valence-electron chi connectivity index (χ0n) is 31.8. The molecule has 0 aliphatic carbocycles. The molecule has 0 unspecified atom stereocenters. The van der Waals surface area contributed by atoms with Crippen LogP contribution in [0, 0.1) is 27.7 Å². The van der Waals surface area contributed by atoms with E-state index in [9.17, 15) is 9.59 Å². The largest absolute Gasteiger partial charge is 0.465 e. The fourth-order valence-electron chi connectivity index (χ4n) is 5.48. The van der Waals surface area contributed by atoms with Gasteiger partial charge in [0.1, 0.15) is 11.4 Å². The highest BCUT2D eigenvalue weighted by Crippen LogP contribution is 2.25. The van der Waals surface area contributed by atoms with Gasteiger partial charge < -0.3 is 31.1 Å². The van der Waals surface area contributed by atoms with Crippen molar-refractivity contribution in [2.24, 2.45) is 0 Å². The van der Waals surface area contributed by atoms with E-state index in [0.29, 0.717) is 34.9 Å². The third-order valence-corrected chi connectivity index (χ3v) is 8.08. The van der Waals surface area contributed by atoms with E-state index in [1.807, 2.05) is 84.9 Å². The SMILES string of the molecule is COC(=O)c1cc(C)cc(N)c1.Cc1cc(CBr)cc(NC(=O)OC(C)(C)C)c1.Cc1cc(N)cc(Cc2cnn3c(-c4ccc(C)o4)nc(N)nc23)c1. The van der Waals surface area contributed by atoms with Crippen LogP contribution >= 0.6 is 15.9 Å². The number of benzene rings is 3. The van der Waals surface area contributed by atoms with Crippen molar-refractivity contribution < 1.29 is 23.5 Å². The van der Waals surface area contributed by atoms with E-state index < -0.39 is 11.7 Å². The van der Waals surface area contributed by atoms with Crippen molar-refractivity contribution in [1.29, 1.82) is 0 Å². The molecule has 6 rings (SSSR count). The minimum atomic E-state index is -0.480. The number of hydrogen-bond acceptors (Lipinski definition) is 11. The molecule has 0 saturated heterocycles. The molecule has 0 bridgehead atoms. The summed E-state index contributed by atoms with van der Waals surface area (Å²) >= 11 is 3.40. The molecule has 284 valence electrons. The number of nitrogens with zero attached hydrogens (tertiary/aromatic N) is 4. The van der Waals surface area contributed by atoms with Crippen LogP contribution in [0.1, 0.15) is 70.3 Å². The van der Waals surface area contributed by atoms with Crippen molar-refractivity contribution >= 4 is 56.7 Å². The molecule has 7 N–H and O–H groups in total. The van der Waals surface area contributed by atoms with Gasteiger partial charge in [-0.25, -0.2) is 9.59 Å². The predicted octanol–water partition coefficient (Wildman–Crippen LogP) is 8.36. The van der Waals surface area contributed by atoms with Gasteiger partial charge >= 0.3 is 12.1 Å². The number of carbonyl (C=O) groups excluding carboxylic acids is 2. The van der Waals surface area contributed by atoms with Gasteiger partial charge in [-0.3, -0.25) is 5.32 Å². The molecule has 0 aliphatic rings. The molecule has 14 heteroatoms. The highest BCUT2D eigenvalue weighted by molar-refractivity contribution is 9.08. The number of carbonyl (C=O) groups is 2. The number of nitrogen functional groups attached to an aromatic ring is 3. The summed E-state index contributed by atoms with van der Waals surface area (Å²) in [4.78, 5) is 31.3. The second-order valence-electron chi connectivity index (χ2n) is 13.7. The Bertz CT molecular complexity index is 2220. The molecule has 3 heterocycles. The number of rotatable bonds is 6. The van der Waals surface area contributed by atoms with Crippen molar-refractivity contribution in [3.8, 4) is 11.6 Å². The van der Waals surface area contributed by atoms with Crippen LogP contribution in [0.5, 0.6) is 0 Å². The molecule has 0 radical (unpaired) electrons. The van der Waals surface area contributed by atoms with Gasteiger partial charge in [0, 0.05) is 34.4 Å². The van der Waals surface area contributed by atoms with Gasteiger partial charge in [-0.2, -0.15) is 19.6 Å². The van der Waals surface area contributed by atoms with Gasteiger partial charge in [0.25, 0.3) is 0 Å². The first-order valence-electron chi connectivity index (χ1n) is 17.0. The van der Waals surface area contributed by atoms with Gasteiger partial charge in [0.05, 0.1) is 18.9 Å². The number of nitrogens with two attached hydrogens (primary N) is 3. The normalized spacial score (nSPS) is 10.8. The zero-order chi connectivity index (χ0) is 39.7. The third kappa shape index (κ3) is 11.8. The monoisotopic (exact) mass is 798 g/mol. The number of amides is 1. The zero-order valence-corrected chi connectivity index (χ0v) is 33.4. The first-order valence-corrected chi connectivity index (χ1v) is 18.1. The van der Waals surface area contributed by atoms with Crippen LogP contribution in [-0.4, -0.2) is 44.4 Å². The molecular formula is C40H47BrN8O5. The van der Waals surface area contributed by atoms with Gasteiger partial charge in [-0.1, -0.05) is 28.1 Å². The Balaban J connectivity index is 0.000000195. The van der Waals surface area contributed by atoms with Crippen molar-refractivity contribution in [1.82, 2.24) is 19.6 Å². The Morgan fingerprint density at radius 1 is 0.852 bits per heavy atom. The number of nitrogens with one attached hydrogen (secondary N) is 1. The molecule has 3 aromatic heterocycles. The van der Waals surface area contributed by atoms with Crippen molar-refractivity contribution in [3.63, 3.8) is 0 Å². The predicted molar refractivity (Wildman–Crippen MR) is 217 cm³/mol. The minimum absolute atomic E-state index is 0.182. The quantitative estimate of drug-likeness (QED) is 0.0717. The van der Waals surface area contributed by atoms with E-state index in [4.69, 9.17) is 26.4 Å². The molecule has 0 spiro atoms. The molecular weight excluding hydrogens is 752 g/mol. The van der Waals surface area contributed by atoms with Crippen molar-refractivity contribution in [3.05, 3.63) is 118 Å². The third-order valence-electron chi connectivity index (χ3n) is 7.43. The van der Waals surface area contributed by atoms with Crippen LogP contribution in [0.2, 0.25) is 0 Å². The van der Waals surface area contributed by atoms with Gasteiger partial charge in [-0.15, -0.1) is 0 Å². The number of ether oxygens (including phenoxy) is 2.